The zero-order valence-corrected chi connectivity index (χ0v) is 13.9. The van der Waals surface area contributed by atoms with E-state index in [1.807, 2.05) is 0 Å². The lowest BCUT2D eigenvalue weighted by Crippen LogP contribution is -2.10. The fourth-order valence-electron chi connectivity index (χ4n) is 1.81. The van der Waals surface area contributed by atoms with Crippen molar-refractivity contribution in [1.82, 2.24) is 9.78 Å². The van der Waals surface area contributed by atoms with Gasteiger partial charge in [0.25, 0.3) is 0 Å². The average molecular weight is 419 g/mol. The fourth-order valence-corrected chi connectivity index (χ4v) is 3.13. The largest absolute Gasteiger partial charge is 0.435 e. The van der Waals surface area contributed by atoms with Gasteiger partial charge in [0, 0.05) is 22.0 Å². The van der Waals surface area contributed by atoms with Gasteiger partial charge in [0.05, 0.1) is 11.4 Å². The van der Waals surface area contributed by atoms with Crippen molar-refractivity contribution in [3.8, 4) is 11.3 Å². The van der Waals surface area contributed by atoms with Crippen LogP contribution in [0.15, 0.2) is 33.6 Å². The van der Waals surface area contributed by atoms with E-state index >= 15 is 0 Å². The van der Waals surface area contributed by atoms with Crippen LogP contribution in [0, 0.1) is 0 Å². The molecular formula is C13H9BrF6N2S. The molecule has 0 aliphatic heterocycles. The number of hydrogen-bond acceptors (Lipinski definition) is 2. The maximum atomic E-state index is 12.7. The summed E-state index contributed by atoms with van der Waals surface area (Å²) in [4.78, 5) is 0.287. The van der Waals surface area contributed by atoms with E-state index < -0.39 is 23.8 Å². The summed E-state index contributed by atoms with van der Waals surface area (Å²) in [6.45, 7) is 0. The van der Waals surface area contributed by atoms with E-state index in [4.69, 9.17) is 0 Å². The monoisotopic (exact) mass is 418 g/mol. The molecule has 1 heterocycles. The number of rotatable bonds is 3. The lowest BCUT2D eigenvalue weighted by atomic mass is 10.1. The first-order chi connectivity index (χ1) is 10.5. The summed E-state index contributed by atoms with van der Waals surface area (Å²) in [5, 5.41) is 3.39. The topological polar surface area (TPSA) is 17.8 Å². The second kappa shape index (κ2) is 6.39. The number of aromatic nitrogens is 2. The molecule has 1 aromatic heterocycles. The van der Waals surface area contributed by atoms with Crippen LogP contribution in [0.4, 0.5) is 26.3 Å². The quantitative estimate of drug-likeness (QED) is 0.482. The summed E-state index contributed by atoms with van der Waals surface area (Å²) in [7, 11) is 1.34. The molecule has 0 aliphatic rings. The highest BCUT2D eigenvalue weighted by Crippen LogP contribution is 2.36. The third-order valence-corrected chi connectivity index (χ3v) is 4.86. The van der Waals surface area contributed by atoms with Gasteiger partial charge < -0.3 is 0 Å². The molecule has 0 saturated heterocycles. The number of alkyl halides is 6. The lowest BCUT2D eigenvalue weighted by molar-refractivity contribution is -0.141. The molecule has 2 aromatic rings. The molecule has 0 saturated carbocycles. The maximum absolute atomic E-state index is 12.7. The van der Waals surface area contributed by atoms with Gasteiger partial charge in [-0.3, -0.25) is 4.68 Å². The molecule has 0 spiro atoms. The molecule has 0 amide bonds. The lowest BCUT2D eigenvalue weighted by Gasteiger charge is -2.09. The predicted molar refractivity (Wildman–Crippen MR) is 78.1 cm³/mol. The minimum atomic E-state index is -4.58. The average Bonchev–Trinajstić information content (AvgIpc) is 2.79. The SMILES string of the molecule is Cn1nc(C(F)(F)F)cc1-c1ccc(Br)c(SCC(F)(F)F)c1. The minimum Gasteiger partial charge on any atom is -0.267 e. The van der Waals surface area contributed by atoms with Crippen LogP contribution in [0.1, 0.15) is 5.69 Å². The molecule has 0 aliphatic carbocycles. The van der Waals surface area contributed by atoms with Gasteiger partial charge in [-0.15, -0.1) is 11.8 Å². The van der Waals surface area contributed by atoms with E-state index in [9.17, 15) is 26.3 Å². The van der Waals surface area contributed by atoms with Crippen LogP contribution in [-0.4, -0.2) is 21.7 Å². The zero-order valence-electron chi connectivity index (χ0n) is 11.5. The van der Waals surface area contributed by atoms with Crippen LogP contribution < -0.4 is 0 Å². The van der Waals surface area contributed by atoms with Gasteiger partial charge in [0.15, 0.2) is 5.69 Å². The molecule has 0 bridgehead atoms. The Kier molecular flexibility index (Phi) is 5.05. The van der Waals surface area contributed by atoms with Crippen LogP contribution in [0.5, 0.6) is 0 Å². The van der Waals surface area contributed by atoms with Gasteiger partial charge in [-0.2, -0.15) is 31.4 Å². The molecule has 0 N–H and O–H groups in total. The molecule has 23 heavy (non-hydrogen) atoms. The van der Waals surface area contributed by atoms with Gasteiger partial charge in [-0.1, -0.05) is 6.07 Å². The Morgan fingerprint density at radius 1 is 1.13 bits per heavy atom. The summed E-state index contributed by atoms with van der Waals surface area (Å²) >= 11 is 3.69. The Morgan fingerprint density at radius 3 is 2.30 bits per heavy atom. The van der Waals surface area contributed by atoms with E-state index in [0.717, 1.165) is 10.7 Å². The number of thioether (sulfide) groups is 1. The molecule has 10 heteroatoms. The summed E-state index contributed by atoms with van der Waals surface area (Å²) in [6.07, 6.45) is -8.92. The zero-order chi connectivity index (χ0) is 17.4. The van der Waals surface area contributed by atoms with Crippen molar-refractivity contribution in [3.05, 3.63) is 34.4 Å². The van der Waals surface area contributed by atoms with E-state index in [1.54, 1.807) is 0 Å². The van der Waals surface area contributed by atoms with Gasteiger partial charge in [-0.05, 0) is 34.1 Å². The molecular weight excluding hydrogens is 410 g/mol. The molecule has 0 radical (unpaired) electrons. The molecule has 0 fully saturated rings. The van der Waals surface area contributed by atoms with Crippen molar-refractivity contribution >= 4 is 27.7 Å². The Morgan fingerprint density at radius 2 is 1.78 bits per heavy atom. The fraction of sp³-hybridized carbons (Fsp3) is 0.308. The van der Waals surface area contributed by atoms with E-state index in [1.165, 1.54) is 25.2 Å². The highest BCUT2D eigenvalue weighted by atomic mass is 79.9. The van der Waals surface area contributed by atoms with Crippen LogP contribution in [0.25, 0.3) is 11.3 Å². The highest BCUT2D eigenvalue weighted by molar-refractivity contribution is 9.10. The molecule has 2 nitrogen and oxygen atoms in total. The van der Waals surface area contributed by atoms with Crippen molar-refractivity contribution in [2.45, 2.75) is 17.2 Å². The third-order valence-electron chi connectivity index (χ3n) is 2.79. The number of aryl methyl sites for hydroxylation is 1. The summed E-state index contributed by atoms with van der Waals surface area (Å²) < 4.78 is 76.5. The predicted octanol–water partition coefficient (Wildman–Crippen LogP) is 5.52. The second-order valence-corrected chi connectivity index (χ2v) is 6.46. The minimum absolute atomic E-state index is 0.165. The Labute approximate surface area is 140 Å². The first kappa shape index (κ1) is 18.2. The van der Waals surface area contributed by atoms with Gasteiger partial charge >= 0.3 is 12.4 Å². The molecule has 0 unspecified atom stereocenters. The van der Waals surface area contributed by atoms with Gasteiger partial charge in [-0.25, -0.2) is 0 Å². The first-order valence-electron chi connectivity index (χ1n) is 6.08. The summed E-state index contributed by atoms with van der Waals surface area (Å²) in [5.74, 6) is -1.09. The second-order valence-electron chi connectivity index (χ2n) is 4.59. The third kappa shape index (κ3) is 4.66. The van der Waals surface area contributed by atoms with Crippen molar-refractivity contribution in [3.63, 3.8) is 0 Å². The number of benzene rings is 1. The summed E-state index contributed by atoms with van der Waals surface area (Å²) in [6, 6.07) is 5.27. The number of hydrogen-bond donors (Lipinski definition) is 0. The molecule has 2 rings (SSSR count). The van der Waals surface area contributed by atoms with Crippen molar-refractivity contribution < 1.29 is 26.3 Å². The number of halogens is 7. The molecule has 0 atom stereocenters. The normalized spacial score (nSPS) is 12.7. The van der Waals surface area contributed by atoms with Crippen LogP contribution in [-0.2, 0) is 13.2 Å². The molecule has 126 valence electrons. The van der Waals surface area contributed by atoms with Crippen molar-refractivity contribution in [1.29, 1.82) is 0 Å². The Balaban J connectivity index is 2.36. The Hall–Kier alpha value is -1.16. The first-order valence-corrected chi connectivity index (χ1v) is 7.86. The Bertz CT molecular complexity index is 707. The van der Waals surface area contributed by atoms with Crippen LogP contribution >= 0.6 is 27.7 Å². The van der Waals surface area contributed by atoms with Gasteiger partial charge in [0.2, 0.25) is 0 Å². The molecule has 1 aromatic carbocycles. The summed E-state index contributed by atoms with van der Waals surface area (Å²) in [5.41, 5.74) is -0.538. The van der Waals surface area contributed by atoms with E-state index in [0.29, 0.717) is 21.8 Å². The van der Waals surface area contributed by atoms with Gasteiger partial charge in [0.1, 0.15) is 0 Å². The maximum Gasteiger partial charge on any atom is 0.435 e. The smallest absolute Gasteiger partial charge is 0.267 e. The van der Waals surface area contributed by atoms with E-state index in [-0.39, 0.29) is 10.6 Å². The standard InChI is InChI=1S/C13H9BrF6N2S/c1-22-9(5-11(21-22)13(18,19)20)7-2-3-8(14)10(4-7)23-6-12(15,16)17/h2-5H,6H2,1H3. The number of nitrogens with zero attached hydrogens (tertiary/aromatic N) is 2. The van der Waals surface area contributed by atoms with Crippen molar-refractivity contribution in [2.75, 3.05) is 5.75 Å². The highest BCUT2D eigenvalue weighted by Gasteiger charge is 2.34. The van der Waals surface area contributed by atoms with E-state index in [2.05, 4.69) is 21.0 Å². The van der Waals surface area contributed by atoms with Crippen LogP contribution in [0.3, 0.4) is 0 Å². The van der Waals surface area contributed by atoms with Crippen molar-refractivity contribution in [2.24, 2.45) is 7.05 Å². The van der Waals surface area contributed by atoms with Crippen LogP contribution in [0.2, 0.25) is 0 Å².